The first-order valence-corrected chi connectivity index (χ1v) is 8.25. The first-order valence-electron chi connectivity index (χ1n) is 6.64. The van der Waals surface area contributed by atoms with Crippen LogP contribution >= 0.6 is 27.7 Å². The van der Waals surface area contributed by atoms with Crippen molar-refractivity contribution in [2.24, 2.45) is 0 Å². The highest BCUT2D eigenvalue weighted by atomic mass is 79.9. The van der Waals surface area contributed by atoms with E-state index in [9.17, 15) is 14.4 Å². The fraction of sp³-hybridized carbons (Fsp3) is 0.188. The third kappa shape index (κ3) is 4.19. The summed E-state index contributed by atoms with van der Waals surface area (Å²) in [7, 11) is 1.27. The number of hydrogen-bond donors (Lipinski definition) is 0. The number of nitrogens with zero attached hydrogens (tertiary/aromatic N) is 1. The fourth-order valence-corrected chi connectivity index (χ4v) is 3.15. The van der Waals surface area contributed by atoms with Gasteiger partial charge in [0, 0.05) is 0 Å². The lowest BCUT2D eigenvalue weighted by molar-refractivity contribution is -0.142. The highest BCUT2D eigenvalue weighted by Crippen LogP contribution is 2.33. The van der Waals surface area contributed by atoms with Gasteiger partial charge in [-0.05, 0) is 51.5 Å². The summed E-state index contributed by atoms with van der Waals surface area (Å²) >= 11 is 4.17. The summed E-state index contributed by atoms with van der Waals surface area (Å²) in [5.74, 6) is 1.83. The lowest BCUT2D eigenvalue weighted by Crippen LogP contribution is -2.28. The molecular formula is C16H12BrNO5S. The highest BCUT2D eigenvalue weighted by Gasteiger charge is 2.34. The van der Waals surface area contributed by atoms with Crippen molar-refractivity contribution in [2.75, 3.05) is 20.3 Å². The second-order valence-electron chi connectivity index (χ2n) is 4.53. The number of benzene rings is 1. The summed E-state index contributed by atoms with van der Waals surface area (Å²) in [6, 6.07) is 5.05. The van der Waals surface area contributed by atoms with Gasteiger partial charge in [0.15, 0.2) is 6.61 Å². The number of methoxy groups -OCH3 is 1. The van der Waals surface area contributed by atoms with Crippen molar-refractivity contribution in [3.63, 3.8) is 0 Å². The van der Waals surface area contributed by atoms with E-state index < -0.39 is 11.9 Å². The maximum atomic E-state index is 12.1. The number of thioether (sulfide) groups is 1. The molecule has 0 radical (unpaired) electrons. The minimum atomic E-state index is -0.492. The van der Waals surface area contributed by atoms with Crippen LogP contribution in [0.25, 0.3) is 6.08 Å². The van der Waals surface area contributed by atoms with E-state index in [0.717, 1.165) is 16.7 Å². The van der Waals surface area contributed by atoms with Gasteiger partial charge in [0.1, 0.15) is 5.75 Å². The molecule has 0 N–H and O–H groups in total. The lowest BCUT2D eigenvalue weighted by atomic mass is 10.2. The lowest BCUT2D eigenvalue weighted by Gasteiger charge is -2.08. The minimum Gasteiger partial charge on any atom is -0.481 e. The number of carbonyl (C=O) groups excluding carboxylic acids is 3. The van der Waals surface area contributed by atoms with E-state index in [1.54, 1.807) is 24.3 Å². The molecule has 6 nitrogen and oxygen atoms in total. The van der Waals surface area contributed by atoms with Gasteiger partial charge in [-0.25, -0.2) is 4.79 Å². The Labute approximate surface area is 151 Å². The molecule has 1 fully saturated rings. The first-order chi connectivity index (χ1) is 11.5. The third-order valence-electron chi connectivity index (χ3n) is 2.95. The van der Waals surface area contributed by atoms with Crippen molar-refractivity contribution >= 4 is 50.9 Å². The topological polar surface area (TPSA) is 72.9 Å². The van der Waals surface area contributed by atoms with Crippen LogP contribution in [-0.2, 0) is 14.3 Å². The summed E-state index contributed by atoms with van der Waals surface area (Å²) in [5, 5.41) is -0.388. The number of hydrogen-bond acceptors (Lipinski definition) is 6. The number of amides is 2. The molecule has 1 aromatic rings. The van der Waals surface area contributed by atoms with E-state index in [2.05, 4.69) is 26.6 Å². The quantitative estimate of drug-likeness (QED) is 0.422. The maximum Gasteiger partial charge on any atom is 0.343 e. The maximum absolute atomic E-state index is 12.1. The Morgan fingerprint density at radius 1 is 1.46 bits per heavy atom. The van der Waals surface area contributed by atoms with Crippen molar-refractivity contribution in [3.8, 4) is 18.1 Å². The van der Waals surface area contributed by atoms with Gasteiger partial charge in [-0.15, -0.1) is 6.42 Å². The molecule has 1 aromatic carbocycles. The molecule has 0 aliphatic carbocycles. The average molecular weight is 410 g/mol. The fourth-order valence-electron chi connectivity index (χ4n) is 1.80. The van der Waals surface area contributed by atoms with Gasteiger partial charge in [-0.3, -0.25) is 14.5 Å². The van der Waals surface area contributed by atoms with E-state index in [-0.39, 0.29) is 18.4 Å². The van der Waals surface area contributed by atoms with E-state index in [1.807, 2.05) is 0 Å². The second kappa shape index (κ2) is 8.04. The van der Waals surface area contributed by atoms with E-state index >= 15 is 0 Å². The molecule has 1 aliphatic rings. The Balaban J connectivity index is 2.15. The number of carbonyl (C=O) groups is 3. The van der Waals surface area contributed by atoms with Crippen molar-refractivity contribution in [1.29, 1.82) is 0 Å². The van der Waals surface area contributed by atoms with Crippen molar-refractivity contribution in [1.82, 2.24) is 4.90 Å². The number of halogens is 1. The van der Waals surface area contributed by atoms with Gasteiger partial charge in [0.05, 0.1) is 23.0 Å². The highest BCUT2D eigenvalue weighted by molar-refractivity contribution is 9.10. The average Bonchev–Trinajstić information content (AvgIpc) is 2.81. The number of imide groups is 1. The SMILES string of the molecule is C#CCN1C(=O)S/C(=C/c2ccc(OCC(=O)OC)c(Br)c2)C1=O. The van der Waals surface area contributed by atoms with Gasteiger partial charge in [0.2, 0.25) is 0 Å². The molecule has 2 amide bonds. The molecule has 0 unspecified atom stereocenters. The zero-order chi connectivity index (χ0) is 17.7. The third-order valence-corrected chi connectivity index (χ3v) is 4.48. The molecule has 0 bridgehead atoms. The molecule has 8 heteroatoms. The van der Waals surface area contributed by atoms with Crippen LogP contribution in [0.5, 0.6) is 5.75 Å². The summed E-state index contributed by atoms with van der Waals surface area (Å²) in [4.78, 5) is 36.2. The first kappa shape index (κ1) is 18.1. The molecule has 1 heterocycles. The van der Waals surface area contributed by atoms with Crippen LogP contribution in [-0.4, -0.2) is 42.3 Å². The van der Waals surface area contributed by atoms with Crippen LogP contribution in [0, 0.1) is 12.3 Å². The summed E-state index contributed by atoms with van der Waals surface area (Å²) < 4.78 is 10.4. The number of ether oxygens (including phenoxy) is 2. The molecular weight excluding hydrogens is 398 g/mol. The summed E-state index contributed by atoms with van der Waals surface area (Å²) in [5.41, 5.74) is 0.693. The van der Waals surface area contributed by atoms with E-state index in [0.29, 0.717) is 20.7 Å². The van der Waals surface area contributed by atoms with Gasteiger partial charge in [-0.2, -0.15) is 0 Å². The van der Waals surface area contributed by atoms with Crippen LogP contribution in [0.1, 0.15) is 5.56 Å². The predicted octanol–water partition coefficient (Wildman–Crippen LogP) is 2.67. The Kier molecular flexibility index (Phi) is 6.06. The number of rotatable bonds is 5. The molecule has 0 spiro atoms. The molecule has 0 atom stereocenters. The van der Waals surface area contributed by atoms with E-state index in [4.69, 9.17) is 11.2 Å². The standard InChI is InChI=1S/C16H12BrNO5S/c1-3-6-18-15(20)13(24-16(18)21)8-10-4-5-12(11(17)7-10)23-9-14(19)22-2/h1,4-5,7-8H,6,9H2,2H3/b13-8+. The van der Waals surface area contributed by atoms with Crippen LogP contribution in [0.4, 0.5) is 4.79 Å². The normalized spacial score (nSPS) is 15.5. The molecule has 24 heavy (non-hydrogen) atoms. The van der Waals surface area contributed by atoms with Crippen molar-refractivity contribution < 1.29 is 23.9 Å². The van der Waals surface area contributed by atoms with Crippen LogP contribution in [0.15, 0.2) is 27.6 Å². The van der Waals surface area contributed by atoms with Crippen molar-refractivity contribution in [3.05, 3.63) is 33.1 Å². The Hall–Kier alpha value is -2.24. The van der Waals surface area contributed by atoms with Gasteiger partial charge in [0.25, 0.3) is 11.1 Å². The Morgan fingerprint density at radius 3 is 2.83 bits per heavy atom. The van der Waals surface area contributed by atoms with Crippen molar-refractivity contribution in [2.45, 2.75) is 0 Å². The molecule has 0 saturated carbocycles. The van der Waals surface area contributed by atoms with Gasteiger partial charge >= 0.3 is 5.97 Å². The predicted molar refractivity (Wildman–Crippen MR) is 93.2 cm³/mol. The summed E-state index contributed by atoms with van der Waals surface area (Å²) in [6.07, 6.45) is 6.74. The van der Waals surface area contributed by atoms with Gasteiger partial charge in [-0.1, -0.05) is 12.0 Å². The molecule has 1 aliphatic heterocycles. The molecule has 1 saturated heterocycles. The zero-order valence-corrected chi connectivity index (χ0v) is 15.0. The zero-order valence-electron chi connectivity index (χ0n) is 12.6. The monoisotopic (exact) mass is 409 g/mol. The Morgan fingerprint density at radius 2 is 2.21 bits per heavy atom. The second-order valence-corrected chi connectivity index (χ2v) is 6.37. The summed E-state index contributed by atoms with van der Waals surface area (Å²) in [6.45, 7) is -0.259. The van der Waals surface area contributed by atoms with Gasteiger partial charge < -0.3 is 9.47 Å². The molecule has 2 rings (SSSR count). The number of terminal acetylenes is 1. The van der Waals surface area contributed by atoms with E-state index in [1.165, 1.54) is 7.11 Å². The smallest absolute Gasteiger partial charge is 0.343 e. The molecule has 0 aromatic heterocycles. The number of esters is 1. The van der Waals surface area contributed by atoms with Crippen LogP contribution < -0.4 is 4.74 Å². The van der Waals surface area contributed by atoms with Crippen LogP contribution in [0.2, 0.25) is 0 Å². The largest absolute Gasteiger partial charge is 0.481 e. The Bertz CT molecular complexity index is 768. The van der Waals surface area contributed by atoms with Crippen LogP contribution in [0.3, 0.4) is 0 Å². The molecule has 124 valence electrons. The minimum absolute atomic E-state index is 0.0496.